The van der Waals surface area contributed by atoms with Crippen molar-refractivity contribution in [3.63, 3.8) is 0 Å². The van der Waals surface area contributed by atoms with Gasteiger partial charge in [0.05, 0.1) is 12.6 Å². The third-order valence-corrected chi connectivity index (χ3v) is 4.13. The lowest BCUT2D eigenvalue weighted by Gasteiger charge is -2.16. The third-order valence-electron chi connectivity index (χ3n) is 3.63. The summed E-state index contributed by atoms with van der Waals surface area (Å²) in [7, 11) is 0. The molecule has 1 unspecified atom stereocenters. The Kier molecular flexibility index (Phi) is 5.40. The molecule has 0 spiro atoms. The molecule has 0 aliphatic heterocycles. The van der Waals surface area contributed by atoms with Crippen molar-refractivity contribution < 1.29 is 4.79 Å². The molecule has 1 aliphatic carbocycles. The predicted molar refractivity (Wildman–Crippen MR) is 81.0 cm³/mol. The summed E-state index contributed by atoms with van der Waals surface area (Å²) in [5.74, 6) is 0.0689. The molecule has 1 aromatic rings. The van der Waals surface area contributed by atoms with Gasteiger partial charge in [0.2, 0.25) is 5.91 Å². The molecule has 2 rings (SSSR count). The largest absolute Gasteiger partial charge is 0.348 e. The van der Waals surface area contributed by atoms with Crippen molar-refractivity contribution >= 4 is 21.8 Å². The fourth-order valence-electron chi connectivity index (χ4n) is 2.52. The van der Waals surface area contributed by atoms with Crippen LogP contribution in [0.1, 0.15) is 44.2 Å². The number of hydrogen-bond acceptors (Lipinski definition) is 2. The van der Waals surface area contributed by atoms with Gasteiger partial charge in [-0.15, -0.1) is 0 Å². The minimum atomic E-state index is 0.0374. The van der Waals surface area contributed by atoms with Gasteiger partial charge >= 0.3 is 0 Å². The predicted octanol–water partition coefficient (Wildman–Crippen LogP) is 3.16. The summed E-state index contributed by atoms with van der Waals surface area (Å²) in [4.78, 5) is 11.9. The molecule has 0 aromatic heterocycles. The van der Waals surface area contributed by atoms with Gasteiger partial charge in [0, 0.05) is 10.5 Å². The Bertz CT molecular complexity index is 430. The number of amides is 1. The summed E-state index contributed by atoms with van der Waals surface area (Å²) in [6.07, 6.45) is 4.98. The van der Waals surface area contributed by atoms with Crippen LogP contribution in [0.15, 0.2) is 28.7 Å². The zero-order chi connectivity index (χ0) is 13.7. The van der Waals surface area contributed by atoms with Crippen LogP contribution in [0.5, 0.6) is 0 Å². The summed E-state index contributed by atoms with van der Waals surface area (Å²) < 4.78 is 1.04. The van der Waals surface area contributed by atoms with Crippen molar-refractivity contribution in [2.24, 2.45) is 0 Å². The molecule has 0 saturated heterocycles. The average Bonchev–Trinajstić information content (AvgIpc) is 2.89. The van der Waals surface area contributed by atoms with Crippen LogP contribution in [0.25, 0.3) is 0 Å². The van der Waals surface area contributed by atoms with E-state index in [1.54, 1.807) is 0 Å². The van der Waals surface area contributed by atoms with Crippen molar-refractivity contribution in [3.05, 3.63) is 34.3 Å². The topological polar surface area (TPSA) is 41.1 Å². The van der Waals surface area contributed by atoms with Gasteiger partial charge < -0.3 is 10.6 Å². The second-order valence-corrected chi connectivity index (χ2v) is 6.12. The van der Waals surface area contributed by atoms with Gasteiger partial charge in [-0.2, -0.15) is 0 Å². The normalized spacial score (nSPS) is 17.4. The van der Waals surface area contributed by atoms with E-state index in [9.17, 15) is 4.79 Å². The molecule has 0 heterocycles. The standard InChI is InChI=1S/C15H21BrN2O/c1-11(12-5-4-6-13(16)9-12)18-15(19)10-17-14-7-2-3-8-14/h4-6,9,11,14,17H,2-3,7-8,10H2,1H3,(H,18,19). The Morgan fingerprint density at radius 3 is 2.84 bits per heavy atom. The number of benzene rings is 1. The highest BCUT2D eigenvalue weighted by molar-refractivity contribution is 9.10. The molecule has 1 fully saturated rings. The van der Waals surface area contributed by atoms with E-state index in [0.29, 0.717) is 12.6 Å². The molecular formula is C15H21BrN2O. The molecule has 0 radical (unpaired) electrons. The first-order valence-electron chi connectivity index (χ1n) is 6.93. The Morgan fingerprint density at radius 2 is 2.16 bits per heavy atom. The van der Waals surface area contributed by atoms with Crippen LogP contribution in [0.3, 0.4) is 0 Å². The maximum atomic E-state index is 11.9. The van der Waals surface area contributed by atoms with Crippen LogP contribution in [0.2, 0.25) is 0 Å². The fraction of sp³-hybridized carbons (Fsp3) is 0.533. The minimum Gasteiger partial charge on any atom is -0.348 e. The van der Waals surface area contributed by atoms with Crippen molar-refractivity contribution in [2.45, 2.75) is 44.7 Å². The molecule has 1 aliphatic rings. The Morgan fingerprint density at radius 1 is 1.42 bits per heavy atom. The van der Waals surface area contributed by atoms with Crippen molar-refractivity contribution in [1.82, 2.24) is 10.6 Å². The quantitative estimate of drug-likeness (QED) is 0.873. The first kappa shape index (κ1) is 14.5. The zero-order valence-corrected chi connectivity index (χ0v) is 12.9. The van der Waals surface area contributed by atoms with Crippen LogP contribution >= 0.6 is 15.9 Å². The van der Waals surface area contributed by atoms with Crippen LogP contribution in [0.4, 0.5) is 0 Å². The molecule has 1 aromatic carbocycles. The van der Waals surface area contributed by atoms with Crippen LogP contribution < -0.4 is 10.6 Å². The summed E-state index contributed by atoms with van der Waals surface area (Å²) in [5.41, 5.74) is 1.11. The van der Waals surface area contributed by atoms with E-state index in [-0.39, 0.29) is 11.9 Å². The Balaban J connectivity index is 1.77. The number of carbonyl (C=O) groups is 1. The molecule has 2 N–H and O–H groups in total. The maximum Gasteiger partial charge on any atom is 0.234 e. The molecule has 3 nitrogen and oxygen atoms in total. The first-order valence-corrected chi connectivity index (χ1v) is 7.72. The third kappa shape index (κ3) is 4.62. The van der Waals surface area contributed by atoms with Gasteiger partial charge in [0.1, 0.15) is 0 Å². The van der Waals surface area contributed by atoms with Gasteiger partial charge in [-0.05, 0) is 37.5 Å². The van der Waals surface area contributed by atoms with E-state index >= 15 is 0 Å². The number of halogens is 1. The van der Waals surface area contributed by atoms with Crippen LogP contribution in [-0.4, -0.2) is 18.5 Å². The van der Waals surface area contributed by atoms with E-state index in [4.69, 9.17) is 0 Å². The van der Waals surface area contributed by atoms with Gasteiger partial charge in [0.15, 0.2) is 0 Å². The molecule has 0 bridgehead atoms. The lowest BCUT2D eigenvalue weighted by atomic mass is 10.1. The average molecular weight is 325 g/mol. The van der Waals surface area contributed by atoms with E-state index in [1.807, 2.05) is 31.2 Å². The lowest BCUT2D eigenvalue weighted by Crippen LogP contribution is -2.39. The molecule has 4 heteroatoms. The van der Waals surface area contributed by atoms with Gasteiger partial charge in [0.25, 0.3) is 0 Å². The van der Waals surface area contributed by atoms with E-state index in [2.05, 4.69) is 26.6 Å². The van der Waals surface area contributed by atoms with Crippen molar-refractivity contribution in [1.29, 1.82) is 0 Å². The van der Waals surface area contributed by atoms with E-state index < -0.39 is 0 Å². The second kappa shape index (κ2) is 7.06. The van der Waals surface area contributed by atoms with E-state index in [0.717, 1.165) is 10.0 Å². The molecule has 1 atom stereocenters. The summed E-state index contributed by atoms with van der Waals surface area (Å²) in [6, 6.07) is 8.61. The number of rotatable bonds is 5. The molecule has 1 saturated carbocycles. The van der Waals surface area contributed by atoms with Gasteiger partial charge in [-0.1, -0.05) is 40.9 Å². The molecule has 1 amide bonds. The van der Waals surface area contributed by atoms with Gasteiger partial charge in [-0.3, -0.25) is 4.79 Å². The van der Waals surface area contributed by atoms with E-state index in [1.165, 1.54) is 25.7 Å². The smallest absolute Gasteiger partial charge is 0.234 e. The first-order chi connectivity index (χ1) is 9.15. The van der Waals surface area contributed by atoms with Crippen LogP contribution in [-0.2, 0) is 4.79 Å². The summed E-state index contributed by atoms with van der Waals surface area (Å²) >= 11 is 3.45. The van der Waals surface area contributed by atoms with Gasteiger partial charge in [-0.25, -0.2) is 0 Å². The highest BCUT2D eigenvalue weighted by Crippen LogP contribution is 2.18. The minimum absolute atomic E-state index is 0.0374. The zero-order valence-electron chi connectivity index (χ0n) is 11.3. The number of nitrogens with one attached hydrogen (secondary N) is 2. The highest BCUT2D eigenvalue weighted by Gasteiger charge is 2.16. The van der Waals surface area contributed by atoms with Crippen molar-refractivity contribution in [2.75, 3.05) is 6.54 Å². The molecule has 19 heavy (non-hydrogen) atoms. The molecular weight excluding hydrogens is 304 g/mol. The summed E-state index contributed by atoms with van der Waals surface area (Å²) in [6.45, 7) is 2.43. The SMILES string of the molecule is CC(NC(=O)CNC1CCCC1)c1cccc(Br)c1. The van der Waals surface area contributed by atoms with Crippen LogP contribution in [0, 0.1) is 0 Å². The fourth-order valence-corrected chi connectivity index (χ4v) is 2.94. The Labute approximate surface area is 123 Å². The highest BCUT2D eigenvalue weighted by atomic mass is 79.9. The Hall–Kier alpha value is -0.870. The lowest BCUT2D eigenvalue weighted by molar-refractivity contribution is -0.121. The number of hydrogen-bond donors (Lipinski definition) is 2. The van der Waals surface area contributed by atoms with Crippen molar-refractivity contribution in [3.8, 4) is 0 Å². The number of carbonyl (C=O) groups excluding carboxylic acids is 1. The maximum absolute atomic E-state index is 11.9. The monoisotopic (exact) mass is 324 g/mol. The second-order valence-electron chi connectivity index (χ2n) is 5.21. The molecule has 104 valence electrons. The summed E-state index contributed by atoms with van der Waals surface area (Å²) in [5, 5.41) is 6.35.